The molecule has 0 atom stereocenters. The zero-order valence-electron chi connectivity index (χ0n) is 8.59. The average molecular weight is 300 g/mol. The highest BCUT2D eigenvalue weighted by molar-refractivity contribution is 6.37. The van der Waals surface area contributed by atoms with E-state index in [0.717, 1.165) is 18.2 Å². The second-order valence-electron chi connectivity index (χ2n) is 3.08. The molecular weight excluding hydrogens is 294 g/mol. The molecule has 0 saturated heterocycles. The first kappa shape index (κ1) is 14.7. The maximum Gasteiger partial charge on any atom is 0.573 e. The van der Waals surface area contributed by atoms with Crippen LogP contribution in [0.4, 0.5) is 13.2 Å². The van der Waals surface area contributed by atoms with Crippen molar-refractivity contribution in [2.75, 3.05) is 0 Å². The monoisotopic (exact) mass is 299 g/mol. The number of benzene rings is 1. The molecule has 8 heteroatoms. The third-order valence-electron chi connectivity index (χ3n) is 1.70. The van der Waals surface area contributed by atoms with E-state index in [1.165, 1.54) is 6.08 Å². The lowest BCUT2D eigenvalue weighted by molar-refractivity contribution is -0.274. The number of nitrogens with two attached hydrogens (primary N) is 1. The van der Waals surface area contributed by atoms with Crippen LogP contribution in [0.3, 0.4) is 0 Å². The molecule has 0 aliphatic heterocycles. The Labute approximate surface area is 110 Å². The van der Waals surface area contributed by atoms with Crippen LogP contribution in [0.1, 0.15) is 5.56 Å². The van der Waals surface area contributed by atoms with Gasteiger partial charge in [0.25, 0.3) is 0 Å². The largest absolute Gasteiger partial charge is 0.573 e. The summed E-state index contributed by atoms with van der Waals surface area (Å²) in [4.78, 5) is 10.5. The molecule has 0 unspecified atom stereocenters. The molecule has 0 heterocycles. The van der Waals surface area contributed by atoms with Crippen molar-refractivity contribution in [1.29, 1.82) is 0 Å². The van der Waals surface area contributed by atoms with Gasteiger partial charge < -0.3 is 10.5 Å². The molecule has 0 spiro atoms. The van der Waals surface area contributed by atoms with Gasteiger partial charge in [-0.15, -0.1) is 13.2 Å². The van der Waals surface area contributed by atoms with Gasteiger partial charge in [0, 0.05) is 11.6 Å². The van der Waals surface area contributed by atoms with Crippen molar-refractivity contribution in [3.05, 3.63) is 33.8 Å². The summed E-state index contributed by atoms with van der Waals surface area (Å²) in [7, 11) is 0. The topological polar surface area (TPSA) is 52.3 Å². The number of hydrogen-bond donors (Lipinski definition) is 1. The van der Waals surface area contributed by atoms with Crippen LogP contribution in [-0.4, -0.2) is 12.3 Å². The average Bonchev–Trinajstić information content (AvgIpc) is 2.12. The highest BCUT2D eigenvalue weighted by atomic mass is 35.5. The highest BCUT2D eigenvalue weighted by Crippen LogP contribution is 2.33. The van der Waals surface area contributed by atoms with E-state index in [-0.39, 0.29) is 15.6 Å². The summed E-state index contributed by atoms with van der Waals surface area (Å²) >= 11 is 11.4. The fraction of sp³-hybridized carbons (Fsp3) is 0.100. The number of carbonyl (C=O) groups excluding carboxylic acids is 1. The minimum absolute atomic E-state index is 0.0979. The number of hydrogen-bond acceptors (Lipinski definition) is 2. The van der Waals surface area contributed by atoms with Gasteiger partial charge in [0.1, 0.15) is 5.75 Å². The van der Waals surface area contributed by atoms with Gasteiger partial charge in [0.05, 0.1) is 10.0 Å². The number of halogens is 5. The number of carbonyl (C=O) groups is 1. The molecule has 0 saturated carbocycles. The molecule has 0 aliphatic rings. The Bertz CT molecular complexity index is 477. The van der Waals surface area contributed by atoms with Crippen molar-refractivity contribution in [2.24, 2.45) is 5.73 Å². The molecule has 1 rings (SSSR count). The number of ether oxygens (including phenoxy) is 1. The van der Waals surface area contributed by atoms with Crippen LogP contribution in [-0.2, 0) is 4.79 Å². The normalized spacial score (nSPS) is 11.8. The number of rotatable bonds is 3. The Morgan fingerprint density at radius 2 is 1.78 bits per heavy atom. The second-order valence-corrected chi connectivity index (χ2v) is 3.90. The molecule has 1 amide bonds. The minimum atomic E-state index is -4.84. The summed E-state index contributed by atoms with van der Waals surface area (Å²) in [5, 5.41) is -0.196. The van der Waals surface area contributed by atoms with Gasteiger partial charge in [0.2, 0.25) is 5.91 Å². The molecule has 98 valence electrons. The van der Waals surface area contributed by atoms with Crippen LogP contribution in [0.5, 0.6) is 5.75 Å². The van der Waals surface area contributed by atoms with Gasteiger partial charge >= 0.3 is 6.36 Å². The van der Waals surface area contributed by atoms with E-state index in [4.69, 9.17) is 28.9 Å². The molecule has 0 radical (unpaired) electrons. The highest BCUT2D eigenvalue weighted by Gasteiger charge is 2.31. The summed E-state index contributed by atoms with van der Waals surface area (Å²) in [6, 6.07) is 1.86. The predicted molar refractivity (Wildman–Crippen MR) is 61.4 cm³/mol. The van der Waals surface area contributed by atoms with Gasteiger partial charge in [-0.1, -0.05) is 23.2 Å². The van der Waals surface area contributed by atoms with E-state index in [9.17, 15) is 18.0 Å². The maximum absolute atomic E-state index is 12.0. The summed E-state index contributed by atoms with van der Waals surface area (Å²) in [6.07, 6.45) is -2.65. The van der Waals surface area contributed by atoms with Crippen LogP contribution < -0.4 is 10.5 Å². The molecule has 0 fully saturated rings. The predicted octanol–water partition coefficient (Wildman–Crippen LogP) is 3.39. The maximum atomic E-state index is 12.0. The first-order chi connectivity index (χ1) is 8.19. The SMILES string of the molecule is NC(=O)/C=C/c1c(Cl)cc(OC(F)(F)F)cc1Cl. The number of primary amides is 1. The van der Waals surface area contributed by atoms with E-state index < -0.39 is 18.0 Å². The standard InChI is InChI=1S/C10H6Cl2F3NO2/c11-7-3-5(18-10(13,14)15)4-8(12)6(7)1-2-9(16)17/h1-4H,(H2,16,17)/b2-1+. The molecule has 0 aromatic heterocycles. The van der Waals surface area contributed by atoms with E-state index in [1.807, 2.05) is 0 Å². The van der Waals surface area contributed by atoms with Gasteiger partial charge in [0.15, 0.2) is 0 Å². The molecule has 1 aromatic rings. The molecule has 3 nitrogen and oxygen atoms in total. The van der Waals surface area contributed by atoms with Crippen molar-refractivity contribution in [1.82, 2.24) is 0 Å². The lowest BCUT2D eigenvalue weighted by atomic mass is 10.2. The van der Waals surface area contributed by atoms with E-state index in [2.05, 4.69) is 4.74 Å². The van der Waals surface area contributed by atoms with Crippen molar-refractivity contribution >= 4 is 35.2 Å². The van der Waals surface area contributed by atoms with Crippen LogP contribution in [0.2, 0.25) is 10.0 Å². The molecule has 0 aliphatic carbocycles. The summed E-state index contributed by atoms with van der Waals surface area (Å²) in [5.41, 5.74) is 5.04. The van der Waals surface area contributed by atoms with E-state index >= 15 is 0 Å². The molecular formula is C10H6Cl2F3NO2. The first-order valence-electron chi connectivity index (χ1n) is 4.41. The first-order valence-corrected chi connectivity index (χ1v) is 5.17. The van der Waals surface area contributed by atoms with Crippen LogP contribution in [0.15, 0.2) is 18.2 Å². The second kappa shape index (κ2) is 5.49. The lowest BCUT2D eigenvalue weighted by Gasteiger charge is -2.11. The van der Waals surface area contributed by atoms with Crippen molar-refractivity contribution in [3.63, 3.8) is 0 Å². The molecule has 2 N–H and O–H groups in total. The smallest absolute Gasteiger partial charge is 0.406 e. The number of alkyl halides is 3. The van der Waals surface area contributed by atoms with Gasteiger partial charge in [-0.05, 0) is 18.2 Å². The Kier molecular flexibility index (Phi) is 4.48. The van der Waals surface area contributed by atoms with Crippen LogP contribution >= 0.6 is 23.2 Å². The number of amides is 1. The van der Waals surface area contributed by atoms with Crippen LogP contribution in [0.25, 0.3) is 6.08 Å². The fourth-order valence-corrected chi connectivity index (χ4v) is 1.67. The van der Waals surface area contributed by atoms with Crippen molar-refractivity contribution in [3.8, 4) is 5.75 Å². The third kappa shape index (κ3) is 4.46. The molecule has 0 bridgehead atoms. The zero-order chi connectivity index (χ0) is 13.9. The van der Waals surface area contributed by atoms with Crippen LogP contribution in [0, 0.1) is 0 Å². The van der Waals surface area contributed by atoms with E-state index in [1.54, 1.807) is 0 Å². The molecule has 18 heavy (non-hydrogen) atoms. The fourth-order valence-electron chi connectivity index (χ4n) is 1.08. The van der Waals surface area contributed by atoms with E-state index in [0.29, 0.717) is 0 Å². The Morgan fingerprint density at radius 3 is 2.17 bits per heavy atom. The van der Waals surface area contributed by atoms with Gasteiger partial charge in [-0.25, -0.2) is 0 Å². The van der Waals surface area contributed by atoms with Gasteiger partial charge in [-0.2, -0.15) is 0 Å². The quantitative estimate of drug-likeness (QED) is 0.870. The zero-order valence-corrected chi connectivity index (χ0v) is 10.1. The summed E-state index contributed by atoms with van der Waals surface area (Å²) < 4.78 is 39.6. The summed E-state index contributed by atoms with van der Waals surface area (Å²) in [5.74, 6) is -1.29. The lowest BCUT2D eigenvalue weighted by Crippen LogP contribution is -2.17. The Morgan fingerprint density at radius 1 is 1.28 bits per heavy atom. The molecule has 1 aromatic carbocycles. The van der Waals surface area contributed by atoms with Crippen molar-refractivity contribution in [2.45, 2.75) is 6.36 Å². The minimum Gasteiger partial charge on any atom is -0.406 e. The third-order valence-corrected chi connectivity index (χ3v) is 2.33. The Hall–Kier alpha value is -1.40. The van der Waals surface area contributed by atoms with Crippen molar-refractivity contribution < 1.29 is 22.7 Å². The summed E-state index contributed by atoms with van der Waals surface area (Å²) in [6.45, 7) is 0. The van der Waals surface area contributed by atoms with Gasteiger partial charge in [-0.3, -0.25) is 4.79 Å². The Balaban J connectivity index is 3.09.